The van der Waals surface area contributed by atoms with Gasteiger partial charge in [-0.2, -0.15) is 0 Å². The number of likely N-dealkylation sites (tertiary alicyclic amines) is 1. The Bertz CT molecular complexity index is 658. The summed E-state index contributed by atoms with van der Waals surface area (Å²) >= 11 is 0. The second kappa shape index (κ2) is 9.19. The van der Waals surface area contributed by atoms with E-state index in [0.29, 0.717) is 24.5 Å². The van der Waals surface area contributed by atoms with Crippen LogP contribution in [0.5, 0.6) is 5.75 Å². The molecule has 2 aliphatic rings. The number of anilines is 1. The van der Waals surface area contributed by atoms with Crippen molar-refractivity contribution in [3.63, 3.8) is 0 Å². The van der Waals surface area contributed by atoms with Crippen LogP contribution in [-0.2, 0) is 14.3 Å². The monoisotopic (exact) mass is 375 g/mol. The molecule has 1 unspecified atom stereocenters. The van der Waals surface area contributed by atoms with Crippen molar-refractivity contribution in [1.82, 2.24) is 9.80 Å². The van der Waals surface area contributed by atoms with Gasteiger partial charge in [0.15, 0.2) is 0 Å². The zero-order valence-corrected chi connectivity index (χ0v) is 16.1. The third-order valence-electron chi connectivity index (χ3n) is 4.88. The van der Waals surface area contributed by atoms with E-state index in [9.17, 15) is 9.59 Å². The van der Waals surface area contributed by atoms with Crippen molar-refractivity contribution in [2.24, 2.45) is 5.92 Å². The van der Waals surface area contributed by atoms with Crippen LogP contribution in [0.1, 0.15) is 20.3 Å². The molecule has 7 heteroatoms. The Hall–Kier alpha value is -2.12. The highest BCUT2D eigenvalue weighted by Crippen LogP contribution is 2.27. The van der Waals surface area contributed by atoms with E-state index in [4.69, 9.17) is 9.47 Å². The van der Waals surface area contributed by atoms with Crippen LogP contribution in [0.4, 0.5) is 5.69 Å². The number of carbonyl (C=O) groups excluding carboxylic acids is 2. The van der Waals surface area contributed by atoms with Crippen LogP contribution in [0.2, 0.25) is 0 Å². The molecule has 0 aromatic heterocycles. The number of para-hydroxylation sites is 2. The van der Waals surface area contributed by atoms with Crippen molar-refractivity contribution in [1.29, 1.82) is 0 Å². The summed E-state index contributed by atoms with van der Waals surface area (Å²) < 4.78 is 11.1. The van der Waals surface area contributed by atoms with E-state index in [2.05, 4.69) is 10.2 Å². The van der Waals surface area contributed by atoms with Gasteiger partial charge in [0, 0.05) is 39.1 Å². The Morgan fingerprint density at radius 3 is 2.74 bits per heavy atom. The molecule has 2 fully saturated rings. The highest BCUT2D eigenvalue weighted by molar-refractivity contribution is 5.98. The Morgan fingerprint density at radius 2 is 2.00 bits per heavy atom. The molecule has 2 heterocycles. The standard InChI is InChI=1S/C20H29N3O4/c1-15(2)27-18-6-4-3-5-17(18)21-20(25)16-13-19(24)23(14-16)8-7-22-9-11-26-12-10-22/h3-6,15-16H,7-14H2,1-2H3,(H,21,25). The predicted octanol–water partition coefficient (Wildman–Crippen LogP) is 1.59. The molecule has 2 amide bonds. The quantitative estimate of drug-likeness (QED) is 0.784. The number of hydrogen-bond donors (Lipinski definition) is 1. The minimum atomic E-state index is -0.325. The number of nitrogens with zero attached hydrogens (tertiary/aromatic N) is 2. The number of benzene rings is 1. The number of ether oxygens (including phenoxy) is 2. The maximum Gasteiger partial charge on any atom is 0.229 e. The molecule has 2 aliphatic heterocycles. The van der Waals surface area contributed by atoms with Gasteiger partial charge in [0.25, 0.3) is 0 Å². The van der Waals surface area contributed by atoms with Gasteiger partial charge in [-0.15, -0.1) is 0 Å². The molecular weight excluding hydrogens is 346 g/mol. The second-order valence-corrected chi connectivity index (χ2v) is 7.35. The van der Waals surface area contributed by atoms with Gasteiger partial charge < -0.3 is 19.7 Å². The normalized spacial score (nSPS) is 20.9. The van der Waals surface area contributed by atoms with Crippen LogP contribution in [0, 0.1) is 5.92 Å². The average molecular weight is 375 g/mol. The molecular formula is C20H29N3O4. The van der Waals surface area contributed by atoms with Crippen LogP contribution in [0.3, 0.4) is 0 Å². The van der Waals surface area contributed by atoms with Gasteiger partial charge in [-0.05, 0) is 26.0 Å². The highest BCUT2D eigenvalue weighted by Gasteiger charge is 2.34. The fourth-order valence-electron chi connectivity index (χ4n) is 3.41. The van der Waals surface area contributed by atoms with E-state index in [1.54, 1.807) is 4.90 Å². The van der Waals surface area contributed by atoms with Gasteiger partial charge in [0.2, 0.25) is 11.8 Å². The van der Waals surface area contributed by atoms with E-state index in [0.717, 1.165) is 32.8 Å². The molecule has 1 atom stereocenters. The number of carbonyl (C=O) groups is 2. The van der Waals surface area contributed by atoms with Crippen LogP contribution < -0.4 is 10.1 Å². The third-order valence-corrected chi connectivity index (χ3v) is 4.88. The van der Waals surface area contributed by atoms with Gasteiger partial charge in [-0.25, -0.2) is 0 Å². The summed E-state index contributed by atoms with van der Waals surface area (Å²) in [6, 6.07) is 7.39. The molecule has 1 N–H and O–H groups in total. The molecule has 148 valence electrons. The number of morpholine rings is 1. The van der Waals surface area contributed by atoms with Crippen LogP contribution in [-0.4, -0.2) is 73.7 Å². The molecule has 7 nitrogen and oxygen atoms in total. The molecule has 3 rings (SSSR count). The maximum atomic E-state index is 12.7. The van der Waals surface area contributed by atoms with Crippen molar-refractivity contribution in [2.45, 2.75) is 26.4 Å². The van der Waals surface area contributed by atoms with E-state index >= 15 is 0 Å². The maximum absolute atomic E-state index is 12.7. The van der Waals surface area contributed by atoms with Crippen molar-refractivity contribution in [2.75, 3.05) is 51.3 Å². The van der Waals surface area contributed by atoms with Crippen LogP contribution in [0.25, 0.3) is 0 Å². The van der Waals surface area contributed by atoms with Gasteiger partial charge in [0.05, 0.1) is 30.9 Å². The molecule has 0 saturated carbocycles. The molecule has 27 heavy (non-hydrogen) atoms. The largest absolute Gasteiger partial charge is 0.489 e. The zero-order chi connectivity index (χ0) is 19.2. The highest BCUT2D eigenvalue weighted by atomic mass is 16.5. The first-order valence-electron chi connectivity index (χ1n) is 9.67. The Morgan fingerprint density at radius 1 is 1.26 bits per heavy atom. The molecule has 0 bridgehead atoms. The lowest BCUT2D eigenvalue weighted by Crippen LogP contribution is -2.42. The lowest BCUT2D eigenvalue weighted by molar-refractivity contribution is -0.128. The minimum absolute atomic E-state index is 0.0202. The summed E-state index contributed by atoms with van der Waals surface area (Å²) in [4.78, 5) is 29.1. The van der Waals surface area contributed by atoms with Gasteiger partial charge >= 0.3 is 0 Å². The number of nitrogens with one attached hydrogen (secondary N) is 1. The fraction of sp³-hybridized carbons (Fsp3) is 0.600. The number of hydrogen-bond acceptors (Lipinski definition) is 5. The molecule has 1 aromatic carbocycles. The lowest BCUT2D eigenvalue weighted by Gasteiger charge is -2.28. The fourth-order valence-corrected chi connectivity index (χ4v) is 3.41. The van der Waals surface area contributed by atoms with Crippen molar-refractivity contribution < 1.29 is 19.1 Å². The average Bonchev–Trinajstić information content (AvgIpc) is 3.03. The van der Waals surface area contributed by atoms with Gasteiger partial charge in [-0.3, -0.25) is 14.5 Å². The van der Waals surface area contributed by atoms with Crippen molar-refractivity contribution >= 4 is 17.5 Å². The van der Waals surface area contributed by atoms with Crippen molar-refractivity contribution in [3.05, 3.63) is 24.3 Å². The smallest absolute Gasteiger partial charge is 0.229 e. The summed E-state index contributed by atoms with van der Waals surface area (Å²) in [5, 5.41) is 2.93. The molecule has 0 spiro atoms. The number of rotatable bonds is 7. The summed E-state index contributed by atoms with van der Waals surface area (Å²) in [6.07, 6.45) is 0.286. The second-order valence-electron chi connectivity index (χ2n) is 7.35. The lowest BCUT2D eigenvalue weighted by atomic mass is 10.1. The molecule has 2 saturated heterocycles. The van der Waals surface area contributed by atoms with E-state index in [1.165, 1.54) is 0 Å². The molecule has 1 aromatic rings. The first kappa shape index (κ1) is 19.6. The Labute approximate surface area is 160 Å². The Balaban J connectivity index is 1.53. The summed E-state index contributed by atoms with van der Waals surface area (Å²) in [5.41, 5.74) is 0.649. The van der Waals surface area contributed by atoms with Crippen molar-refractivity contribution in [3.8, 4) is 5.75 Å². The Kier molecular flexibility index (Phi) is 6.68. The van der Waals surface area contributed by atoms with E-state index < -0.39 is 0 Å². The van der Waals surface area contributed by atoms with Gasteiger partial charge in [0.1, 0.15) is 5.75 Å². The van der Waals surface area contributed by atoms with E-state index in [1.807, 2.05) is 38.1 Å². The topological polar surface area (TPSA) is 71.1 Å². The minimum Gasteiger partial charge on any atom is -0.489 e. The zero-order valence-electron chi connectivity index (χ0n) is 16.1. The molecule has 0 aliphatic carbocycles. The third kappa shape index (κ3) is 5.43. The van der Waals surface area contributed by atoms with Crippen LogP contribution in [0.15, 0.2) is 24.3 Å². The summed E-state index contributed by atoms with van der Waals surface area (Å²) in [6.45, 7) is 9.15. The van der Waals surface area contributed by atoms with E-state index in [-0.39, 0.29) is 30.3 Å². The summed E-state index contributed by atoms with van der Waals surface area (Å²) in [5.74, 6) is 0.246. The van der Waals surface area contributed by atoms with Crippen LogP contribution >= 0.6 is 0 Å². The first-order valence-corrected chi connectivity index (χ1v) is 9.67. The molecule has 0 radical (unpaired) electrons. The summed E-state index contributed by atoms with van der Waals surface area (Å²) in [7, 11) is 0. The SMILES string of the molecule is CC(C)Oc1ccccc1NC(=O)C1CC(=O)N(CCN2CCOCC2)C1. The van der Waals surface area contributed by atoms with Gasteiger partial charge in [-0.1, -0.05) is 12.1 Å². The predicted molar refractivity (Wildman–Crippen MR) is 103 cm³/mol. The number of amides is 2. The first-order chi connectivity index (χ1) is 13.0.